The molecule has 2 heterocycles. The van der Waals surface area contributed by atoms with Gasteiger partial charge in [0.2, 0.25) is 0 Å². The second-order valence-electron chi connectivity index (χ2n) is 9.64. The molecule has 6 rings (SSSR count). The lowest BCUT2D eigenvalue weighted by molar-refractivity contribution is 1.25. The Labute approximate surface area is 235 Å². The van der Waals surface area contributed by atoms with Gasteiger partial charge in [-0.05, 0) is 70.8 Å². The maximum absolute atomic E-state index is 5.16. The van der Waals surface area contributed by atoms with Gasteiger partial charge >= 0.3 is 0 Å². The Morgan fingerprint density at radius 1 is 0.350 bits per heavy atom. The third-order valence-electron chi connectivity index (χ3n) is 7.07. The van der Waals surface area contributed by atoms with Gasteiger partial charge in [-0.2, -0.15) is 0 Å². The number of rotatable bonds is 7. The first-order chi connectivity index (χ1) is 19.7. The third-order valence-corrected chi connectivity index (χ3v) is 7.07. The van der Waals surface area contributed by atoms with Crippen molar-refractivity contribution >= 4 is 11.4 Å². The van der Waals surface area contributed by atoms with E-state index in [9.17, 15) is 0 Å². The molecule has 0 fully saturated rings. The van der Waals surface area contributed by atoms with E-state index in [1.54, 1.807) is 0 Å². The molecule has 40 heavy (non-hydrogen) atoms. The monoisotopic (exact) mass is 518 g/mol. The van der Waals surface area contributed by atoms with Crippen LogP contribution in [-0.2, 0) is 0 Å². The topological polar surface area (TPSA) is 49.8 Å². The second-order valence-corrected chi connectivity index (χ2v) is 9.64. The molecule has 4 heteroatoms. The van der Waals surface area contributed by atoms with Gasteiger partial charge in [-0.15, -0.1) is 0 Å². The van der Waals surface area contributed by atoms with E-state index >= 15 is 0 Å². The second kappa shape index (κ2) is 11.3. The fourth-order valence-electron chi connectivity index (χ4n) is 4.83. The van der Waals surface area contributed by atoms with Crippen LogP contribution in [0.25, 0.3) is 56.2 Å². The van der Waals surface area contributed by atoms with Crippen molar-refractivity contribution in [3.8, 4) is 56.2 Å². The number of anilines is 2. The summed E-state index contributed by atoms with van der Waals surface area (Å²) >= 11 is 0. The molecule has 2 aromatic heterocycles. The summed E-state index contributed by atoms with van der Waals surface area (Å²) in [5, 5.41) is 6.39. The molecule has 0 atom stereocenters. The van der Waals surface area contributed by atoms with Crippen LogP contribution in [0.4, 0.5) is 11.4 Å². The van der Waals surface area contributed by atoms with Gasteiger partial charge in [-0.25, -0.2) is 9.97 Å². The van der Waals surface area contributed by atoms with Gasteiger partial charge < -0.3 is 10.6 Å². The Hall–Kier alpha value is -5.22. The molecule has 0 amide bonds. The minimum Gasteiger partial charge on any atom is -0.388 e. The zero-order chi connectivity index (χ0) is 27.3. The van der Waals surface area contributed by atoms with Crippen LogP contribution in [0.3, 0.4) is 0 Å². The largest absolute Gasteiger partial charge is 0.388 e. The Kier molecular flexibility index (Phi) is 7.06. The molecule has 4 nitrogen and oxygen atoms in total. The van der Waals surface area contributed by atoms with Gasteiger partial charge in [0.15, 0.2) is 0 Å². The van der Waals surface area contributed by atoms with Crippen molar-refractivity contribution in [3.63, 3.8) is 0 Å². The molecule has 0 radical (unpaired) electrons. The summed E-state index contributed by atoms with van der Waals surface area (Å²) in [6.45, 7) is 0. The molecule has 0 saturated heterocycles. The first kappa shape index (κ1) is 25.1. The zero-order valence-corrected chi connectivity index (χ0v) is 22.6. The van der Waals surface area contributed by atoms with Crippen molar-refractivity contribution in [3.05, 3.63) is 133 Å². The van der Waals surface area contributed by atoms with Gasteiger partial charge in [-0.1, -0.05) is 84.9 Å². The summed E-state index contributed by atoms with van der Waals surface area (Å²) in [6.07, 6.45) is 0. The number of hydrogen-bond acceptors (Lipinski definition) is 4. The molecule has 4 aromatic carbocycles. The van der Waals surface area contributed by atoms with Gasteiger partial charge in [0.1, 0.15) is 0 Å². The van der Waals surface area contributed by atoms with Gasteiger partial charge in [0.25, 0.3) is 0 Å². The van der Waals surface area contributed by atoms with Crippen LogP contribution >= 0.6 is 0 Å². The minimum absolute atomic E-state index is 0.833. The predicted molar refractivity (Wildman–Crippen MR) is 168 cm³/mol. The molecule has 6 aromatic rings. The van der Waals surface area contributed by atoms with Crippen LogP contribution < -0.4 is 10.6 Å². The van der Waals surface area contributed by atoms with Crippen molar-refractivity contribution in [2.45, 2.75) is 0 Å². The van der Waals surface area contributed by atoms with Gasteiger partial charge in [-0.3, -0.25) is 0 Å². The lowest BCUT2D eigenvalue weighted by atomic mass is 9.98. The highest BCUT2D eigenvalue weighted by molar-refractivity contribution is 5.80. The first-order valence-corrected chi connectivity index (χ1v) is 13.4. The Balaban J connectivity index is 1.55. The lowest BCUT2D eigenvalue weighted by Gasteiger charge is -2.13. The maximum atomic E-state index is 5.16. The Bertz CT molecular complexity index is 1590. The number of benzene rings is 4. The van der Waals surface area contributed by atoms with E-state index in [0.29, 0.717) is 0 Å². The van der Waals surface area contributed by atoms with Crippen molar-refractivity contribution in [1.29, 1.82) is 0 Å². The summed E-state index contributed by atoms with van der Waals surface area (Å²) < 4.78 is 0. The summed E-state index contributed by atoms with van der Waals surface area (Å²) in [5.74, 6) is 0. The van der Waals surface area contributed by atoms with Crippen molar-refractivity contribution in [2.75, 3.05) is 24.7 Å². The van der Waals surface area contributed by atoms with E-state index in [0.717, 1.165) is 67.5 Å². The normalized spacial score (nSPS) is 10.8. The third kappa shape index (κ3) is 5.33. The molecule has 0 unspecified atom stereocenters. The van der Waals surface area contributed by atoms with E-state index in [1.807, 2.05) is 26.2 Å². The van der Waals surface area contributed by atoms with Crippen LogP contribution in [0.15, 0.2) is 133 Å². The average molecular weight is 519 g/mol. The van der Waals surface area contributed by atoms with E-state index in [2.05, 4.69) is 132 Å². The van der Waals surface area contributed by atoms with Crippen LogP contribution in [0.1, 0.15) is 0 Å². The number of nitrogens with one attached hydrogen (secondary N) is 2. The molecule has 194 valence electrons. The first-order valence-electron chi connectivity index (χ1n) is 13.4. The van der Waals surface area contributed by atoms with E-state index in [1.165, 1.54) is 0 Å². The highest BCUT2D eigenvalue weighted by Gasteiger charge is 2.14. The standard InChI is InChI=1S/C36H30N4/c1-37-31-17-13-27(14-18-31)33-21-29(25-9-5-3-6-10-25)23-35(39-33)36-24-30(26-11-7-4-8-12-26)22-34(40-36)28-15-19-32(38-2)20-16-28/h3-24,37-38H,1-2H3. The summed E-state index contributed by atoms with van der Waals surface area (Å²) in [5.41, 5.74) is 12.2. The number of pyridine rings is 2. The molecule has 0 saturated carbocycles. The average Bonchev–Trinajstić information content (AvgIpc) is 3.05. The maximum Gasteiger partial charge on any atom is 0.0900 e. The Morgan fingerprint density at radius 3 is 1.05 bits per heavy atom. The quantitative estimate of drug-likeness (QED) is 0.222. The molecular weight excluding hydrogens is 488 g/mol. The molecule has 2 N–H and O–H groups in total. The van der Waals surface area contributed by atoms with Crippen molar-refractivity contribution < 1.29 is 0 Å². The molecule has 0 aliphatic carbocycles. The van der Waals surface area contributed by atoms with E-state index in [4.69, 9.17) is 9.97 Å². The van der Waals surface area contributed by atoms with E-state index in [-0.39, 0.29) is 0 Å². The molecule has 0 spiro atoms. The van der Waals surface area contributed by atoms with Gasteiger partial charge in [0.05, 0.1) is 22.8 Å². The Morgan fingerprint density at radius 2 is 0.700 bits per heavy atom. The predicted octanol–water partition coefficient (Wildman–Crippen LogP) is 8.90. The SMILES string of the molecule is CNc1ccc(-c2cc(-c3ccccc3)cc(-c3cc(-c4ccccc4)cc(-c4ccc(NC)cc4)n3)n2)cc1. The van der Waals surface area contributed by atoms with Crippen LogP contribution in [0, 0.1) is 0 Å². The van der Waals surface area contributed by atoms with Crippen LogP contribution in [-0.4, -0.2) is 24.1 Å². The number of aromatic nitrogens is 2. The summed E-state index contributed by atoms with van der Waals surface area (Å²) in [4.78, 5) is 10.3. The molecule has 0 bridgehead atoms. The fraction of sp³-hybridized carbons (Fsp3) is 0.0556. The summed E-state index contributed by atoms with van der Waals surface area (Å²) in [6, 6.07) is 46.2. The van der Waals surface area contributed by atoms with Crippen LogP contribution in [0.5, 0.6) is 0 Å². The number of hydrogen-bond donors (Lipinski definition) is 2. The highest BCUT2D eigenvalue weighted by atomic mass is 14.8. The van der Waals surface area contributed by atoms with Crippen LogP contribution in [0.2, 0.25) is 0 Å². The molecular formula is C36H30N4. The van der Waals surface area contributed by atoms with Crippen molar-refractivity contribution in [1.82, 2.24) is 9.97 Å². The van der Waals surface area contributed by atoms with Gasteiger partial charge in [0, 0.05) is 36.6 Å². The smallest absolute Gasteiger partial charge is 0.0900 e. The lowest BCUT2D eigenvalue weighted by Crippen LogP contribution is -1.96. The number of nitrogens with zero attached hydrogens (tertiary/aromatic N) is 2. The molecule has 0 aliphatic heterocycles. The highest BCUT2D eigenvalue weighted by Crippen LogP contribution is 2.34. The molecule has 0 aliphatic rings. The zero-order valence-electron chi connectivity index (χ0n) is 22.6. The minimum atomic E-state index is 0.833. The fourth-order valence-corrected chi connectivity index (χ4v) is 4.83. The summed E-state index contributed by atoms with van der Waals surface area (Å²) in [7, 11) is 3.85. The van der Waals surface area contributed by atoms with E-state index < -0.39 is 0 Å². The van der Waals surface area contributed by atoms with Crippen molar-refractivity contribution in [2.24, 2.45) is 0 Å².